The van der Waals surface area contributed by atoms with E-state index in [9.17, 15) is 0 Å². The Bertz CT molecular complexity index is 562. The van der Waals surface area contributed by atoms with Crippen molar-refractivity contribution in [2.24, 2.45) is 5.92 Å². The summed E-state index contributed by atoms with van der Waals surface area (Å²) >= 11 is 0. The van der Waals surface area contributed by atoms with Gasteiger partial charge in [0, 0.05) is 17.0 Å². The van der Waals surface area contributed by atoms with Crippen LogP contribution in [0.2, 0.25) is 0 Å². The van der Waals surface area contributed by atoms with Crippen LogP contribution in [0.3, 0.4) is 0 Å². The number of ether oxygens (including phenoxy) is 1. The second kappa shape index (κ2) is 6.76. The molecule has 0 spiro atoms. The molecule has 2 nitrogen and oxygen atoms in total. The van der Waals surface area contributed by atoms with Crippen LogP contribution in [0, 0.1) is 5.92 Å². The molecule has 0 aliphatic rings. The average Bonchev–Trinajstić information content (AvgIpc) is 2.44. The van der Waals surface area contributed by atoms with Gasteiger partial charge < -0.3 is 10.1 Å². The quantitative estimate of drug-likeness (QED) is 0.832. The Kier molecular flexibility index (Phi) is 5.02. The Morgan fingerprint density at radius 3 is 2.50 bits per heavy atom. The van der Waals surface area contributed by atoms with Crippen molar-refractivity contribution in [1.29, 1.82) is 0 Å². The van der Waals surface area contributed by atoms with Crippen LogP contribution in [0.25, 0.3) is 10.8 Å². The first kappa shape index (κ1) is 14.9. The lowest BCUT2D eigenvalue weighted by Crippen LogP contribution is -2.19. The molecule has 2 rings (SSSR count). The lowest BCUT2D eigenvalue weighted by Gasteiger charge is -2.20. The van der Waals surface area contributed by atoms with Crippen molar-refractivity contribution < 1.29 is 4.74 Å². The second-order valence-corrected chi connectivity index (χ2v) is 5.69. The van der Waals surface area contributed by atoms with Gasteiger partial charge in [-0.3, -0.25) is 0 Å². The van der Waals surface area contributed by atoms with Crippen LogP contribution in [-0.2, 0) is 0 Å². The first-order chi connectivity index (χ1) is 9.63. The van der Waals surface area contributed by atoms with Gasteiger partial charge in [-0.2, -0.15) is 0 Å². The van der Waals surface area contributed by atoms with Crippen molar-refractivity contribution in [2.75, 3.05) is 13.2 Å². The molecule has 0 aliphatic heterocycles. The van der Waals surface area contributed by atoms with Crippen LogP contribution in [-0.4, -0.2) is 13.2 Å². The lowest BCUT2D eigenvalue weighted by molar-refractivity contribution is 0.269. The maximum Gasteiger partial charge on any atom is 0.131 e. The Balaban J connectivity index is 2.46. The molecular weight excluding hydrogens is 246 g/mol. The summed E-state index contributed by atoms with van der Waals surface area (Å²) in [6.45, 7) is 10.4. The van der Waals surface area contributed by atoms with Gasteiger partial charge in [0.1, 0.15) is 5.75 Å². The van der Waals surface area contributed by atoms with Gasteiger partial charge in [-0.15, -0.1) is 0 Å². The predicted molar refractivity (Wildman–Crippen MR) is 86.4 cm³/mol. The third-order valence-corrected chi connectivity index (χ3v) is 3.45. The monoisotopic (exact) mass is 271 g/mol. The fourth-order valence-electron chi connectivity index (χ4n) is 2.43. The summed E-state index contributed by atoms with van der Waals surface area (Å²) in [4.78, 5) is 0. The van der Waals surface area contributed by atoms with Gasteiger partial charge in [0.25, 0.3) is 0 Å². The number of hydrogen-bond acceptors (Lipinski definition) is 2. The van der Waals surface area contributed by atoms with Crippen molar-refractivity contribution in [2.45, 2.75) is 33.7 Å². The van der Waals surface area contributed by atoms with Gasteiger partial charge in [-0.05, 0) is 24.8 Å². The third kappa shape index (κ3) is 3.31. The SMILES string of the molecule is CCNC(C)c1ccc2ccccc2c1OCC(C)C. The highest BCUT2D eigenvalue weighted by molar-refractivity contribution is 5.89. The van der Waals surface area contributed by atoms with E-state index in [0.29, 0.717) is 12.0 Å². The maximum atomic E-state index is 6.14. The van der Waals surface area contributed by atoms with Gasteiger partial charge in [0.2, 0.25) is 0 Å². The molecular formula is C18H25NO. The smallest absolute Gasteiger partial charge is 0.131 e. The maximum absolute atomic E-state index is 6.14. The van der Waals surface area contributed by atoms with E-state index in [1.54, 1.807) is 0 Å². The molecule has 2 aromatic carbocycles. The highest BCUT2D eigenvalue weighted by Gasteiger charge is 2.14. The van der Waals surface area contributed by atoms with Crippen molar-refractivity contribution in [3.63, 3.8) is 0 Å². The number of hydrogen-bond donors (Lipinski definition) is 1. The third-order valence-electron chi connectivity index (χ3n) is 3.45. The zero-order valence-corrected chi connectivity index (χ0v) is 12.9. The van der Waals surface area contributed by atoms with Crippen LogP contribution in [0.4, 0.5) is 0 Å². The van der Waals surface area contributed by atoms with E-state index in [-0.39, 0.29) is 0 Å². The van der Waals surface area contributed by atoms with Gasteiger partial charge in [-0.25, -0.2) is 0 Å². The van der Waals surface area contributed by atoms with E-state index in [1.165, 1.54) is 16.3 Å². The standard InChI is InChI=1S/C18H25NO/c1-5-19-14(4)16-11-10-15-8-6-7-9-17(15)18(16)20-12-13(2)3/h6-11,13-14,19H,5,12H2,1-4H3. The van der Waals surface area contributed by atoms with Crippen molar-refractivity contribution in [1.82, 2.24) is 5.32 Å². The molecule has 0 aromatic heterocycles. The summed E-state index contributed by atoms with van der Waals surface area (Å²) in [5, 5.41) is 5.91. The molecule has 0 amide bonds. The van der Waals surface area contributed by atoms with Crippen LogP contribution in [0.1, 0.15) is 39.3 Å². The molecule has 0 aliphatic carbocycles. The zero-order valence-electron chi connectivity index (χ0n) is 12.9. The van der Waals surface area contributed by atoms with E-state index >= 15 is 0 Å². The molecule has 0 saturated carbocycles. The Morgan fingerprint density at radius 1 is 1.05 bits per heavy atom. The molecule has 108 valence electrons. The van der Waals surface area contributed by atoms with Gasteiger partial charge in [0.05, 0.1) is 6.61 Å². The summed E-state index contributed by atoms with van der Waals surface area (Å²) < 4.78 is 6.14. The van der Waals surface area contributed by atoms with Gasteiger partial charge in [-0.1, -0.05) is 57.2 Å². The second-order valence-electron chi connectivity index (χ2n) is 5.69. The number of nitrogens with one attached hydrogen (secondary N) is 1. The summed E-state index contributed by atoms with van der Waals surface area (Å²) in [5.74, 6) is 1.56. The van der Waals surface area contributed by atoms with Crippen LogP contribution in [0.15, 0.2) is 36.4 Å². The van der Waals surface area contributed by atoms with Crippen LogP contribution < -0.4 is 10.1 Å². The largest absolute Gasteiger partial charge is 0.492 e. The molecule has 2 heteroatoms. The predicted octanol–water partition coefficient (Wildman–Crippen LogP) is 4.55. The van der Waals surface area contributed by atoms with Crippen molar-refractivity contribution >= 4 is 10.8 Å². The van der Waals surface area contributed by atoms with E-state index in [0.717, 1.165) is 18.9 Å². The summed E-state index contributed by atoms with van der Waals surface area (Å²) in [7, 11) is 0. The molecule has 1 atom stereocenters. The first-order valence-electron chi connectivity index (χ1n) is 7.51. The van der Waals surface area contributed by atoms with Gasteiger partial charge >= 0.3 is 0 Å². The minimum absolute atomic E-state index is 0.298. The Hall–Kier alpha value is -1.54. The van der Waals surface area contributed by atoms with Crippen LogP contribution in [0.5, 0.6) is 5.75 Å². The number of benzene rings is 2. The molecule has 1 unspecified atom stereocenters. The van der Waals surface area contributed by atoms with E-state index < -0.39 is 0 Å². The average molecular weight is 271 g/mol. The fraction of sp³-hybridized carbons (Fsp3) is 0.444. The molecule has 0 heterocycles. The van der Waals surface area contributed by atoms with Crippen molar-refractivity contribution in [3.05, 3.63) is 42.0 Å². The minimum atomic E-state index is 0.298. The highest BCUT2D eigenvalue weighted by atomic mass is 16.5. The summed E-state index contributed by atoms with van der Waals surface area (Å²) in [6, 6.07) is 13.1. The Morgan fingerprint density at radius 2 is 1.80 bits per heavy atom. The highest BCUT2D eigenvalue weighted by Crippen LogP contribution is 2.33. The number of fused-ring (bicyclic) bond motifs is 1. The summed E-state index contributed by atoms with van der Waals surface area (Å²) in [6.07, 6.45) is 0. The molecule has 20 heavy (non-hydrogen) atoms. The Labute approximate surface area is 122 Å². The van der Waals surface area contributed by atoms with Crippen molar-refractivity contribution in [3.8, 4) is 5.75 Å². The first-order valence-corrected chi connectivity index (χ1v) is 7.51. The van der Waals surface area contributed by atoms with E-state index in [4.69, 9.17) is 4.74 Å². The normalized spacial score (nSPS) is 12.8. The zero-order chi connectivity index (χ0) is 14.5. The van der Waals surface area contributed by atoms with Crippen LogP contribution >= 0.6 is 0 Å². The molecule has 0 bridgehead atoms. The topological polar surface area (TPSA) is 21.3 Å². The van der Waals surface area contributed by atoms with Gasteiger partial charge in [0.15, 0.2) is 0 Å². The van der Waals surface area contributed by atoms with E-state index in [2.05, 4.69) is 69.4 Å². The van der Waals surface area contributed by atoms with E-state index in [1.807, 2.05) is 0 Å². The molecule has 0 fully saturated rings. The number of rotatable bonds is 6. The lowest BCUT2D eigenvalue weighted by atomic mass is 10.0. The molecule has 2 aromatic rings. The molecule has 0 radical (unpaired) electrons. The molecule has 0 saturated heterocycles. The minimum Gasteiger partial charge on any atom is -0.492 e. The summed E-state index contributed by atoms with van der Waals surface area (Å²) in [5.41, 5.74) is 1.24. The molecule has 1 N–H and O–H groups in total. The fourth-order valence-corrected chi connectivity index (χ4v) is 2.43.